The first kappa shape index (κ1) is 16.1. The molecule has 0 radical (unpaired) electrons. The van der Waals surface area contributed by atoms with Gasteiger partial charge in [-0.2, -0.15) is 0 Å². The minimum Gasteiger partial charge on any atom is -0.334 e. The van der Waals surface area contributed by atoms with Crippen LogP contribution >= 0.6 is 0 Å². The van der Waals surface area contributed by atoms with Crippen molar-refractivity contribution in [2.45, 2.75) is 27.2 Å². The van der Waals surface area contributed by atoms with Gasteiger partial charge in [-0.3, -0.25) is 9.59 Å². The van der Waals surface area contributed by atoms with E-state index in [1.807, 2.05) is 0 Å². The summed E-state index contributed by atoms with van der Waals surface area (Å²) in [6.07, 6.45) is 0.826. The van der Waals surface area contributed by atoms with Gasteiger partial charge in [-0.15, -0.1) is 0 Å². The van der Waals surface area contributed by atoms with Crippen molar-refractivity contribution in [2.75, 3.05) is 18.4 Å². The van der Waals surface area contributed by atoms with Crippen LogP contribution in [0.3, 0.4) is 0 Å². The van der Waals surface area contributed by atoms with Crippen molar-refractivity contribution in [3.8, 4) is 0 Å². The highest BCUT2D eigenvalue weighted by atomic mass is 19.1. The Bertz CT molecular complexity index is 475. The Hall–Kier alpha value is -1.91. The summed E-state index contributed by atoms with van der Waals surface area (Å²) in [4.78, 5) is 24.8. The molecule has 5 heteroatoms. The number of halogens is 1. The fourth-order valence-corrected chi connectivity index (χ4v) is 1.69. The highest BCUT2D eigenvalue weighted by Gasteiger charge is 2.15. The Kier molecular flexibility index (Phi) is 6.15. The SMILES string of the molecule is CC(=O)N(CCC(C)C)CC(=O)Nc1ccccc1F. The topological polar surface area (TPSA) is 49.4 Å². The highest BCUT2D eigenvalue weighted by Crippen LogP contribution is 2.12. The number of para-hydroxylation sites is 1. The summed E-state index contributed by atoms with van der Waals surface area (Å²) < 4.78 is 13.4. The number of benzene rings is 1. The molecule has 0 fully saturated rings. The molecule has 0 aromatic heterocycles. The molecule has 0 unspecified atom stereocenters. The molecule has 0 aliphatic heterocycles. The van der Waals surface area contributed by atoms with Crippen LogP contribution in [0.25, 0.3) is 0 Å². The van der Waals surface area contributed by atoms with E-state index in [0.29, 0.717) is 12.5 Å². The van der Waals surface area contributed by atoms with Gasteiger partial charge >= 0.3 is 0 Å². The molecule has 0 saturated heterocycles. The van der Waals surface area contributed by atoms with Crippen LogP contribution in [0.4, 0.5) is 10.1 Å². The largest absolute Gasteiger partial charge is 0.334 e. The Morgan fingerprint density at radius 1 is 1.30 bits per heavy atom. The molecule has 0 aliphatic rings. The molecule has 4 nitrogen and oxygen atoms in total. The summed E-state index contributed by atoms with van der Waals surface area (Å²) in [5.41, 5.74) is 0.130. The molecule has 1 aromatic carbocycles. The highest BCUT2D eigenvalue weighted by molar-refractivity contribution is 5.94. The van der Waals surface area contributed by atoms with Crippen LogP contribution in [0.15, 0.2) is 24.3 Å². The molecule has 0 saturated carbocycles. The average Bonchev–Trinajstić information content (AvgIpc) is 2.36. The molecule has 0 bridgehead atoms. The number of amides is 2. The third-order valence-corrected chi connectivity index (χ3v) is 2.90. The van der Waals surface area contributed by atoms with Gasteiger partial charge in [0.15, 0.2) is 0 Å². The van der Waals surface area contributed by atoms with E-state index in [0.717, 1.165) is 6.42 Å². The van der Waals surface area contributed by atoms with Gasteiger partial charge < -0.3 is 10.2 Å². The predicted molar refractivity (Wildman–Crippen MR) is 76.7 cm³/mol. The van der Waals surface area contributed by atoms with Crippen LogP contribution in [0.1, 0.15) is 27.2 Å². The first-order chi connectivity index (χ1) is 9.40. The number of nitrogens with one attached hydrogen (secondary N) is 1. The summed E-state index contributed by atoms with van der Waals surface area (Å²) in [6, 6.07) is 5.95. The number of nitrogens with zero attached hydrogens (tertiary/aromatic N) is 1. The summed E-state index contributed by atoms with van der Waals surface area (Å²) >= 11 is 0. The van der Waals surface area contributed by atoms with Gasteiger partial charge in [-0.1, -0.05) is 26.0 Å². The summed E-state index contributed by atoms with van der Waals surface area (Å²) in [7, 11) is 0. The quantitative estimate of drug-likeness (QED) is 0.871. The standard InChI is InChI=1S/C15H21FN2O2/c1-11(2)8-9-18(12(3)19)10-15(20)17-14-7-5-4-6-13(14)16/h4-7,11H,8-10H2,1-3H3,(H,17,20). The molecule has 20 heavy (non-hydrogen) atoms. The average molecular weight is 280 g/mol. The van der Waals surface area contributed by atoms with E-state index < -0.39 is 11.7 Å². The van der Waals surface area contributed by atoms with Gasteiger partial charge in [-0.25, -0.2) is 4.39 Å². The Morgan fingerprint density at radius 3 is 2.50 bits per heavy atom. The van der Waals surface area contributed by atoms with E-state index in [2.05, 4.69) is 19.2 Å². The third-order valence-electron chi connectivity index (χ3n) is 2.90. The first-order valence-corrected chi connectivity index (χ1v) is 6.70. The van der Waals surface area contributed by atoms with Crippen molar-refractivity contribution < 1.29 is 14.0 Å². The second-order valence-corrected chi connectivity index (χ2v) is 5.15. The van der Waals surface area contributed by atoms with Crippen LogP contribution in [-0.2, 0) is 9.59 Å². The van der Waals surface area contributed by atoms with Crippen molar-refractivity contribution in [1.29, 1.82) is 0 Å². The maximum atomic E-state index is 13.4. The fourth-order valence-electron chi connectivity index (χ4n) is 1.69. The molecule has 0 spiro atoms. The maximum absolute atomic E-state index is 13.4. The van der Waals surface area contributed by atoms with Crippen molar-refractivity contribution in [1.82, 2.24) is 4.90 Å². The Morgan fingerprint density at radius 2 is 1.95 bits per heavy atom. The second-order valence-electron chi connectivity index (χ2n) is 5.15. The van der Waals surface area contributed by atoms with Crippen molar-refractivity contribution in [3.05, 3.63) is 30.1 Å². The first-order valence-electron chi connectivity index (χ1n) is 6.70. The van der Waals surface area contributed by atoms with Gasteiger partial charge in [0.1, 0.15) is 5.82 Å². The second kappa shape index (κ2) is 7.62. The lowest BCUT2D eigenvalue weighted by Gasteiger charge is -2.21. The number of rotatable bonds is 6. The number of hydrogen-bond donors (Lipinski definition) is 1. The van der Waals surface area contributed by atoms with Crippen molar-refractivity contribution >= 4 is 17.5 Å². The van der Waals surface area contributed by atoms with Crippen LogP contribution < -0.4 is 5.32 Å². The fraction of sp³-hybridized carbons (Fsp3) is 0.467. The van der Waals surface area contributed by atoms with Gasteiger partial charge in [0.2, 0.25) is 11.8 Å². The van der Waals surface area contributed by atoms with Gasteiger partial charge in [-0.05, 0) is 24.5 Å². The van der Waals surface area contributed by atoms with E-state index in [9.17, 15) is 14.0 Å². The zero-order valence-corrected chi connectivity index (χ0v) is 12.1. The van der Waals surface area contributed by atoms with Crippen molar-refractivity contribution in [2.24, 2.45) is 5.92 Å². The molecular weight excluding hydrogens is 259 g/mol. The number of anilines is 1. The van der Waals surface area contributed by atoms with Crippen LogP contribution in [0.5, 0.6) is 0 Å². The normalized spacial score (nSPS) is 10.4. The van der Waals surface area contributed by atoms with Crippen LogP contribution in [0, 0.1) is 11.7 Å². The third kappa shape index (κ3) is 5.38. The number of carbonyl (C=O) groups excluding carboxylic acids is 2. The molecule has 110 valence electrons. The van der Waals surface area contributed by atoms with Crippen molar-refractivity contribution in [3.63, 3.8) is 0 Å². The molecule has 2 amide bonds. The summed E-state index contributed by atoms with van der Waals surface area (Å²) in [5, 5.41) is 2.48. The minimum absolute atomic E-state index is 0.0591. The van der Waals surface area contributed by atoms with E-state index in [1.54, 1.807) is 12.1 Å². The smallest absolute Gasteiger partial charge is 0.244 e. The van der Waals surface area contributed by atoms with E-state index in [1.165, 1.54) is 24.0 Å². The lowest BCUT2D eigenvalue weighted by molar-refractivity contribution is -0.132. The molecule has 0 aliphatic carbocycles. The van der Waals surface area contributed by atoms with E-state index in [4.69, 9.17) is 0 Å². The molecule has 0 atom stereocenters. The zero-order valence-electron chi connectivity index (χ0n) is 12.1. The van der Waals surface area contributed by atoms with E-state index in [-0.39, 0.29) is 18.1 Å². The van der Waals surface area contributed by atoms with Gasteiger partial charge in [0.25, 0.3) is 0 Å². The molecule has 1 aromatic rings. The monoisotopic (exact) mass is 280 g/mol. The lowest BCUT2D eigenvalue weighted by Crippen LogP contribution is -2.37. The zero-order chi connectivity index (χ0) is 15.1. The van der Waals surface area contributed by atoms with Crippen LogP contribution in [-0.4, -0.2) is 29.8 Å². The minimum atomic E-state index is -0.489. The Labute approximate surface area is 119 Å². The molecule has 1 rings (SSSR count). The Balaban J connectivity index is 2.58. The summed E-state index contributed by atoms with van der Waals surface area (Å²) in [5.74, 6) is -0.590. The molecule has 0 heterocycles. The maximum Gasteiger partial charge on any atom is 0.244 e. The van der Waals surface area contributed by atoms with Gasteiger partial charge in [0.05, 0.1) is 12.2 Å². The molecular formula is C15H21FN2O2. The lowest BCUT2D eigenvalue weighted by atomic mass is 10.1. The van der Waals surface area contributed by atoms with E-state index >= 15 is 0 Å². The summed E-state index contributed by atoms with van der Waals surface area (Å²) in [6.45, 7) is 6.00. The predicted octanol–water partition coefficient (Wildman–Crippen LogP) is 2.66. The number of hydrogen-bond acceptors (Lipinski definition) is 2. The van der Waals surface area contributed by atoms with Gasteiger partial charge in [0, 0.05) is 13.5 Å². The molecule has 1 N–H and O–H groups in total. The van der Waals surface area contributed by atoms with Crippen LogP contribution in [0.2, 0.25) is 0 Å². The number of carbonyl (C=O) groups is 2.